The molecular weight excluding hydrogens is 234 g/mol. The predicted octanol–water partition coefficient (Wildman–Crippen LogP) is 2.04. The Hall–Kier alpha value is -1.95. The highest BCUT2D eigenvalue weighted by molar-refractivity contribution is 7.17. The van der Waals surface area contributed by atoms with E-state index in [0.717, 1.165) is 17.0 Å². The summed E-state index contributed by atoms with van der Waals surface area (Å²) in [4.78, 5) is 4.35. The minimum absolute atomic E-state index is 0.623. The Kier molecular flexibility index (Phi) is 2.49. The number of hydrogen-bond donors (Lipinski definition) is 1. The third kappa shape index (κ3) is 1.87. The van der Waals surface area contributed by atoms with E-state index in [4.69, 9.17) is 0 Å². The van der Waals surface area contributed by atoms with Crippen LogP contribution in [0.15, 0.2) is 30.0 Å². The molecule has 1 N–H and O–H groups in total. The van der Waals surface area contributed by atoms with Gasteiger partial charge in [0.15, 0.2) is 5.82 Å². The Morgan fingerprint density at radius 1 is 1.41 bits per heavy atom. The summed E-state index contributed by atoms with van der Waals surface area (Å²) in [6, 6.07) is 4.10. The Bertz CT molecular complexity index is 642. The van der Waals surface area contributed by atoms with Gasteiger partial charge in [-0.3, -0.25) is 0 Å². The van der Waals surface area contributed by atoms with E-state index in [1.807, 2.05) is 23.9 Å². The van der Waals surface area contributed by atoms with E-state index in [2.05, 4.69) is 31.9 Å². The molecule has 0 aliphatic carbocycles. The van der Waals surface area contributed by atoms with Crippen molar-refractivity contribution in [2.75, 3.05) is 5.32 Å². The van der Waals surface area contributed by atoms with Gasteiger partial charge in [-0.25, -0.2) is 4.98 Å². The largest absolute Gasteiger partial charge is 0.362 e. The standard InChI is InChI=1S/C11H11N5S/c1-16-7-14-15-10(16)6-13-11-8-3-5-17-9(8)2-4-12-11/h2-5,7H,6H2,1H3,(H,12,13). The Labute approximate surface area is 102 Å². The lowest BCUT2D eigenvalue weighted by atomic mass is 10.3. The zero-order chi connectivity index (χ0) is 11.7. The van der Waals surface area contributed by atoms with E-state index in [9.17, 15) is 0 Å². The summed E-state index contributed by atoms with van der Waals surface area (Å²) in [6.45, 7) is 0.623. The molecule has 86 valence electrons. The van der Waals surface area contributed by atoms with Crippen LogP contribution in [0.2, 0.25) is 0 Å². The predicted molar refractivity (Wildman–Crippen MR) is 67.9 cm³/mol. The van der Waals surface area contributed by atoms with Crippen molar-refractivity contribution >= 4 is 27.2 Å². The maximum absolute atomic E-state index is 4.35. The smallest absolute Gasteiger partial charge is 0.151 e. The molecule has 0 aliphatic heterocycles. The van der Waals surface area contributed by atoms with Crippen LogP contribution in [0, 0.1) is 0 Å². The second-order valence-electron chi connectivity index (χ2n) is 3.70. The average molecular weight is 245 g/mol. The van der Waals surface area contributed by atoms with Gasteiger partial charge in [-0.15, -0.1) is 21.5 Å². The van der Waals surface area contributed by atoms with Crippen molar-refractivity contribution in [2.45, 2.75) is 6.54 Å². The van der Waals surface area contributed by atoms with Crippen LogP contribution in [-0.4, -0.2) is 19.7 Å². The maximum Gasteiger partial charge on any atom is 0.151 e. The molecule has 17 heavy (non-hydrogen) atoms. The Balaban J connectivity index is 1.86. The molecule has 0 spiro atoms. The van der Waals surface area contributed by atoms with Crippen LogP contribution in [0.3, 0.4) is 0 Å². The summed E-state index contributed by atoms with van der Waals surface area (Å²) in [5.74, 6) is 1.78. The number of aromatic nitrogens is 4. The summed E-state index contributed by atoms with van der Waals surface area (Å²) in [5.41, 5.74) is 0. The zero-order valence-corrected chi connectivity index (χ0v) is 10.1. The first kappa shape index (κ1) is 10.2. The minimum atomic E-state index is 0.623. The first-order valence-corrected chi connectivity index (χ1v) is 6.11. The zero-order valence-electron chi connectivity index (χ0n) is 9.29. The number of hydrogen-bond acceptors (Lipinski definition) is 5. The molecule has 0 unspecified atom stereocenters. The van der Waals surface area contributed by atoms with Gasteiger partial charge in [0, 0.05) is 23.3 Å². The van der Waals surface area contributed by atoms with E-state index in [-0.39, 0.29) is 0 Å². The van der Waals surface area contributed by atoms with Crippen LogP contribution in [0.4, 0.5) is 5.82 Å². The molecule has 0 bridgehead atoms. The maximum atomic E-state index is 4.35. The van der Waals surface area contributed by atoms with Gasteiger partial charge >= 0.3 is 0 Å². The molecule has 0 aromatic carbocycles. The number of anilines is 1. The van der Waals surface area contributed by atoms with Crippen LogP contribution < -0.4 is 5.32 Å². The molecule has 0 aliphatic rings. The molecule has 0 saturated heterocycles. The molecule has 5 nitrogen and oxygen atoms in total. The molecule has 0 fully saturated rings. The Morgan fingerprint density at radius 2 is 2.35 bits per heavy atom. The van der Waals surface area contributed by atoms with Gasteiger partial charge in [0.1, 0.15) is 12.1 Å². The first-order chi connectivity index (χ1) is 8.34. The molecule has 0 amide bonds. The number of nitrogens with one attached hydrogen (secondary N) is 1. The highest BCUT2D eigenvalue weighted by Crippen LogP contribution is 2.25. The fourth-order valence-corrected chi connectivity index (χ4v) is 2.45. The summed E-state index contributed by atoms with van der Waals surface area (Å²) in [6.07, 6.45) is 3.51. The highest BCUT2D eigenvalue weighted by atomic mass is 32.1. The fraction of sp³-hybridized carbons (Fsp3) is 0.182. The lowest BCUT2D eigenvalue weighted by molar-refractivity contribution is 0.811. The van der Waals surface area contributed by atoms with E-state index < -0.39 is 0 Å². The molecule has 6 heteroatoms. The summed E-state index contributed by atoms with van der Waals surface area (Å²) >= 11 is 1.71. The van der Waals surface area contributed by atoms with Crippen molar-refractivity contribution in [1.29, 1.82) is 0 Å². The molecule has 0 radical (unpaired) electrons. The second-order valence-corrected chi connectivity index (χ2v) is 4.65. The second kappa shape index (κ2) is 4.14. The fourth-order valence-electron chi connectivity index (χ4n) is 1.67. The summed E-state index contributed by atoms with van der Waals surface area (Å²) in [5, 5.41) is 14.4. The number of thiophene rings is 1. The van der Waals surface area contributed by atoms with Gasteiger partial charge < -0.3 is 9.88 Å². The third-order valence-electron chi connectivity index (χ3n) is 2.60. The third-order valence-corrected chi connectivity index (χ3v) is 3.48. The molecule has 0 atom stereocenters. The van der Waals surface area contributed by atoms with Gasteiger partial charge in [-0.05, 0) is 17.5 Å². The van der Waals surface area contributed by atoms with E-state index in [1.54, 1.807) is 17.7 Å². The minimum Gasteiger partial charge on any atom is -0.362 e. The number of pyridine rings is 1. The molecule has 3 rings (SSSR count). The van der Waals surface area contributed by atoms with Crippen molar-refractivity contribution in [1.82, 2.24) is 19.7 Å². The van der Waals surface area contributed by atoms with Gasteiger partial charge in [0.05, 0.1) is 6.54 Å². The van der Waals surface area contributed by atoms with Crippen LogP contribution in [-0.2, 0) is 13.6 Å². The van der Waals surface area contributed by atoms with Crippen LogP contribution in [0.25, 0.3) is 10.1 Å². The molecule has 0 saturated carbocycles. The van der Waals surface area contributed by atoms with Gasteiger partial charge in [0.25, 0.3) is 0 Å². The lowest BCUT2D eigenvalue weighted by Crippen LogP contribution is -2.06. The van der Waals surface area contributed by atoms with Gasteiger partial charge in [-0.2, -0.15) is 0 Å². The summed E-state index contributed by atoms with van der Waals surface area (Å²) < 4.78 is 3.13. The SMILES string of the molecule is Cn1cnnc1CNc1nccc2sccc12. The van der Waals surface area contributed by atoms with Crippen LogP contribution in [0.1, 0.15) is 5.82 Å². The van der Waals surface area contributed by atoms with Crippen molar-refractivity contribution in [3.05, 3.63) is 35.9 Å². The van der Waals surface area contributed by atoms with Crippen LogP contribution in [0.5, 0.6) is 0 Å². The monoisotopic (exact) mass is 245 g/mol. The topological polar surface area (TPSA) is 55.6 Å². The number of rotatable bonds is 3. The quantitative estimate of drug-likeness (QED) is 0.767. The van der Waals surface area contributed by atoms with E-state index >= 15 is 0 Å². The van der Waals surface area contributed by atoms with Crippen molar-refractivity contribution in [2.24, 2.45) is 7.05 Å². The normalized spacial score (nSPS) is 10.9. The first-order valence-electron chi connectivity index (χ1n) is 5.23. The number of fused-ring (bicyclic) bond motifs is 1. The Morgan fingerprint density at radius 3 is 3.18 bits per heavy atom. The van der Waals surface area contributed by atoms with Gasteiger partial charge in [-0.1, -0.05) is 0 Å². The van der Waals surface area contributed by atoms with Gasteiger partial charge in [0.2, 0.25) is 0 Å². The average Bonchev–Trinajstić information content (AvgIpc) is 2.95. The lowest BCUT2D eigenvalue weighted by Gasteiger charge is -2.05. The van der Waals surface area contributed by atoms with Crippen LogP contribution >= 0.6 is 11.3 Å². The molecular formula is C11H11N5S. The molecule has 3 heterocycles. The number of nitrogens with zero attached hydrogens (tertiary/aromatic N) is 4. The van der Waals surface area contributed by atoms with Crippen molar-refractivity contribution in [3.8, 4) is 0 Å². The summed E-state index contributed by atoms with van der Waals surface area (Å²) in [7, 11) is 1.93. The highest BCUT2D eigenvalue weighted by Gasteiger charge is 2.05. The van der Waals surface area contributed by atoms with Crippen molar-refractivity contribution < 1.29 is 0 Å². The van der Waals surface area contributed by atoms with E-state index in [1.165, 1.54) is 4.70 Å². The van der Waals surface area contributed by atoms with Crippen molar-refractivity contribution in [3.63, 3.8) is 0 Å². The molecule has 3 aromatic rings. The number of aryl methyl sites for hydroxylation is 1. The van der Waals surface area contributed by atoms with E-state index in [0.29, 0.717) is 6.54 Å². The molecule has 3 aromatic heterocycles.